The Labute approximate surface area is 132 Å². The number of halogens is 4. The summed E-state index contributed by atoms with van der Waals surface area (Å²) in [4.78, 5) is 0. The van der Waals surface area contributed by atoms with Crippen LogP contribution in [0.2, 0.25) is 0 Å². The van der Waals surface area contributed by atoms with Gasteiger partial charge in [-0.2, -0.15) is 18.3 Å². The van der Waals surface area contributed by atoms with Crippen molar-refractivity contribution in [3.8, 4) is 0 Å². The molecule has 0 amide bonds. The summed E-state index contributed by atoms with van der Waals surface area (Å²) in [5.41, 5.74) is -2.77. The minimum absolute atomic E-state index is 0.141. The fraction of sp³-hybridized carbons (Fsp3) is 0.643. The molecule has 23 heavy (non-hydrogen) atoms. The maximum absolute atomic E-state index is 14.2. The first-order chi connectivity index (χ1) is 10.3. The molecule has 1 aromatic heterocycles. The van der Waals surface area contributed by atoms with Crippen molar-refractivity contribution in [1.29, 1.82) is 0 Å². The summed E-state index contributed by atoms with van der Waals surface area (Å²) in [7, 11) is -1.17. The monoisotopic (exact) mass is 334 g/mol. The Morgan fingerprint density at radius 1 is 1.26 bits per heavy atom. The Morgan fingerprint density at radius 2 is 1.78 bits per heavy atom. The SMILES string of the molecule is Cc1cc(C(F)(F)F)nn1CC=C(F)B1OC(C)(C)C(C)(C)O1. The van der Waals surface area contributed by atoms with E-state index in [9.17, 15) is 17.6 Å². The van der Waals surface area contributed by atoms with E-state index >= 15 is 0 Å². The summed E-state index contributed by atoms with van der Waals surface area (Å²) in [6, 6.07) is 0.917. The van der Waals surface area contributed by atoms with Crippen molar-refractivity contribution < 1.29 is 26.9 Å². The van der Waals surface area contributed by atoms with Gasteiger partial charge in [0.2, 0.25) is 0 Å². The predicted molar refractivity (Wildman–Crippen MR) is 77.2 cm³/mol. The summed E-state index contributed by atoms with van der Waals surface area (Å²) in [5, 5.41) is 3.44. The standard InChI is InChI=1S/C14H19BF4N2O2/c1-9-8-10(14(17,18)19)20-21(9)7-6-11(16)15-22-12(2,3)13(4,5)23-15/h6,8H,7H2,1-5H3. The molecule has 1 fully saturated rings. The molecule has 9 heteroatoms. The summed E-state index contributed by atoms with van der Waals surface area (Å²) in [5.74, 6) is 0. The van der Waals surface area contributed by atoms with Gasteiger partial charge in [-0.3, -0.25) is 4.68 Å². The third-order valence-electron chi connectivity index (χ3n) is 4.21. The molecule has 0 unspecified atom stereocenters. The maximum Gasteiger partial charge on any atom is 0.524 e. The van der Waals surface area contributed by atoms with Gasteiger partial charge in [-0.25, -0.2) is 4.39 Å². The van der Waals surface area contributed by atoms with Crippen LogP contribution in [-0.2, 0) is 22.0 Å². The molecular weight excluding hydrogens is 315 g/mol. The van der Waals surface area contributed by atoms with E-state index in [1.807, 2.05) is 0 Å². The normalized spacial score (nSPS) is 21.1. The van der Waals surface area contributed by atoms with Crippen LogP contribution in [0.4, 0.5) is 17.6 Å². The third-order valence-corrected chi connectivity index (χ3v) is 4.21. The van der Waals surface area contributed by atoms with Gasteiger partial charge in [-0.15, -0.1) is 0 Å². The van der Waals surface area contributed by atoms with Crippen molar-refractivity contribution in [1.82, 2.24) is 9.78 Å². The lowest BCUT2D eigenvalue weighted by Crippen LogP contribution is -2.41. The molecule has 0 spiro atoms. The summed E-state index contributed by atoms with van der Waals surface area (Å²) in [6.45, 7) is 8.47. The second kappa shape index (κ2) is 5.63. The van der Waals surface area contributed by atoms with Crippen LogP contribution in [0, 0.1) is 6.92 Å². The molecule has 2 heterocycles. The minimum atomic E-state index is -4.52. The molecular formula is C14H19BF4N2O2. The minimum Gasteiger partial charge on any atom is -0.398 e. The van der Waals surface area contributed by atoms with E-state index in [4.69, 9.17) is 9.31 Å². The van der Waals surface area contributed by atoms with Gasteiger partial charge in [-0.1, -0.05) is 0 Å². The van der Waals surface area contributed by atoms with Crippen molar-refractivity contribution in [2.75, 3.05) is 0 Å². The number of hydrogen-bond donors (Lipinski definition) is 0. The van der Waals surface area contributed by atoms with Crippen molar-refractivity contribution in [3.63, 3.8) is 0 Å². The molecule has 1 saturated heterocycles. The molecule has 0 atom stereocenters. The second-order valence-electron chi connectivity index (χ2n) is 6.53. The van der Waals surface area contributed by atoms with E-state index < -0.39 is 35.9 Å². The van der Waals surface area contributed by atoms with Gasteiger partial charge in [0.15, 0.2) is 5.69 Å². The maximum atomic E-state index is 14.2. The van der Waals surface area contributed by atoms with E-state index in [1.54, 1.807) is 27.7 Å². The lowest BCUT2D eigenvalue weighted by atomic mass is 9.88. The number of allylic oxidation sites excluding steroid dienone is 1. The highest BCUT2D eigenvalue weighted by Gasteiger charge is 2.53. The number of alkyl halides is 3. The van der Waals surface area contributed by atoms with E-state index in [2.05, 4.69) is 5.10 Å². The number of nitrogens with zero attached hydrogens (tertiary/aromatic N) is 2. The van der Waals surface area contributed by atoms with Gasteiger partial charge in [0.1, 0.15) is 5.73 Å². The predicted octanol–water partition coefficient (Wildman–Crippen LogP) is 3.70. The number of aromatic nitrogens is 2. The first-order valence-electron chi connectivity index (χ1n) is 7.16. The van der Waals surface area contributed by atoms with Gasteiger partial charge >= 0.3 is 13.3 Å². The summed E-state index contributed by atoms with van der Waals surface area (Å²) in [6.07, 6.45) is -3.41. The van der Waals surface area contributed by atoms with Gasteiger partial charge in [-0.05, 0) is 46.8 Å². The van der Waals surface area contributed by atoms with Crippen molar-refractivity contribution in [3.05, 3.63) is 29.3 Å². The van der Waals surface area contributed by atoms with Crippen LogP contribution in [-0.4, -0.2) is 28.1 Å². The van der Waals surface area contributed by atoms with Gasteiger partial charge in [0.25, 0.3) is 0 Å². The summed E-state index contributed by atoms with van der Waals surface area (Å²) < 4.78 is 64.1. The van der Waals surface area contributed by atoms with Crippen LogP contribution < -0.4 is 0 Å². The molecule has 128 valence electrons. The van der Waals surface area contributed by atoms with Crippen LogP contribution >= 0.6 is 0 Å². The zero-order chi connectivity index (χ0) is 17.6. The van der Waals surface area contributed by atoms with Crippen LogP contribution in [0.1, 0.15) is 39.1 Å². The highest BCUT2D eigenvalue weighted by atomic mass is 19.4. The van der Waals surface area contributed by atoms with Crippen molar-refractivity contribution >= 4 is 7.12 Å². The van der Waals surface area contributed by atoms with E-state index in [0.29, 0.717) is 0 Å². The highest BCUT2D eigenvalue weighted by molar-refractivity contribution is 6.53. The van der Waals surface area contributed by atoms with Crippen LogP contribution in [0.25, 0.3) is 0 Å². The Kier molecular flexibility index (Phi) is 4.40. The fourth-order valence-electron chi connectivity index (χ4n) is 2.06. The van der Waals surface area contributed by atoms with Gasteiger partial charge < -0.3 is 9.31 Å². The molecule has 1 aromatic rings. The smallest absolute Gasteiger partial charge is 0.398 e. The quantitative estimate of drug-likeness (QED) is 0.625. The fourth-order valence-corrected chi connectivity index (χ4v) is 2.06. The number of rotatable bonds is 3. The van der Waals surface area contributed by atoms with E-state index in [-0.39, 0.29) is 12.2 Å². The largest absolute Gasteiger partial charge is 0.524 e. The molecule has 0 aliphatic carbocycles. The Bertz CT molecular complexity index is 607. The van der Waals surface area contributed by atoms with Crippen LogP contribution in [0.3, 0.4) is 0 Å². The molecule has 0 bridgehead atoms. The number of aryl methyl sites for hydroxylation is 1. The first-order valence-corrected chi connectivity index (χ1v) is 7.16. The average Bonchev–Trinajstić information content (AvgIpc) is 2.84. The van der Waals surface area contributed by atoms with Crippen LogP contribution in [0.5, 0.6) is 0 Å². The molecule has 2 rings (SSSR count). The van der Waals surface area contributed by atoms with Crippen molar-refractivity contribution in [2.45, 2.75) is 58.5 Å². The summed E-state index contributed by atoms with van der Waals surface area (Å²) >= 11 is 0. The number of hydrogen-bond acceptors (Lipinski definition) is 3. The van der Waals surface area contributed by atoms with Crippen LogP contribution in [0.15, 0.2) is 17.9 Å². The van der Waals surface area contributed by atoms with E-state index in [0.717, 1.165) is 16.8 Å². The molecule has 0 N–H and O–H groups in total. The molecule has 4 nitrogen and oxygen atoms in total. The van der Waals surface area contributed by atoms with Gasteiger partial charge in [0.05, 0.1) is 17.7 Å². The molecule has 1 aliphatic heterocycles. The Hall–Kier alpha value is -1.35. The zero-order valence-corrected chi connectivity index (χ0v) is 13.7. The third kappa shape index (κ3) is 3.60. The highest BCUT2D eigenvalue weighted by Crippen LogP contribution is 2.38. The first kappa shape index (κ1) is 18.0. The van der Waals surface area contributed by atoms with E-state index in [1.165, 1.54) is 6.92 Å². The Balaban J connectivity index is 2.11. The molecule has 0 saturated carbocycles. The molecule has 1 aliphatic rings. The average molecular weight is 334 g/mol. The lowest BCUT2D eigenvalue weighted by molar-refractivity contribution is -0.141. The lowest BCUT2D eigenvalue weighted by Gasteiger charge is -2.32. The zero-order valence-electron chi connectivity index (χ0n) is 13.7. The molecule has 0 aromatic carbocycles. The Morgan fingerprint density at radius 3 is 2.22 bits per heavy atom. The second-order valence-corrected chi connectivity index (χ2v) is 6.53. The van der Waals surface area contributed by atoms with Crippen molar-refractivity contribution in [2.24, 2.45) is 0 Å². The topological polar surface area (TPSA) is 36.3 Å². The molecule has 0 radical (unpaired) electrons. The van der Waals surface area contributed by atoms with Gasteiger partial charge in [0, 0.05) is 5.69 Å².